The first-order valence-electron chi connectivity index (χ1n) is 9.13. The molecule has 1 aromatic heterocycles. The predicted molar refractivity (Wildman–Crippen MR) is 101 cm³/mol. The van der Waals surface area contributed by atoms with Crippen molar-refractivity contribution in [2.75, 3.05) is 38.1 Å². The van der Waals surface area contributed by atoms with Crippen LogP contribution in [0, 0.1) is 12.3 Å². The molecule has 2 aliphatic heterocycles. The summed E-state index contributed by atoms with van der Waals surface area (Å²) in [6.07, 6.45) is 9.50. The highest BCUT2D eigenvalue weighted by atomic mass is 16.1. The molecule has 0 bridgehead atoms. The van der Waals surface area contributed by atoms with Gasteiger partial charge >= 0.3 is 0 Å². The Bertz CT molecular complexity index is 696. The molecule has 0 saturated carbocycles. The molecule has 1 aromatic rings. The Morgan fingerprint density at radius 2 is 2.08 bits per heavy atom. The molecule has 26 heavy (non-hydrogen) atoms. The number of amides is 1. The van der Waals surface area contributed by atoms with E-state index in [0.29, 0.717) is 25.8 Å². The molecule has 1 fully saturated rings. The van der Waals surface area contributed by atoms with E-state index in [9.17, 15) is 4.79 Å². The number of rotatable bonds is 8. The van der Waals surface area contributed by atoms with E-state index in [1.165, 1.54) is 0 Å². The molecule has 7 nitrogen and oxygen atoms in total. The van der Waals surface area contributed by atoms with Gasteiger partial charge in [0.2, 0.25) is 5.91 Å². The molecule has 0 unspecified atom stereocenters. The molecule has 1 N–H and O–H groups in total. The average molecular weight is 354 g/mol. The van der Waals surface area contributed by atoms with Gasteiger partial charge < -0.3 is 15.1 Å². The zero-order valence-electron chi connectivity index (χ0n) is 15.3. The van der Waals surface area contributed by atoms with Crippen LogP contribution in [0.25, 0.3) is 0 Å². The van der Waals surface area contributed by atoms with Gasteiger partial charge in [-0.05, 0) is 24.7 Å². The van der Waals surface area contributed by atoms with Gasteiger partial charge in [0.05, 0.1) is 0 Å². The van der Waals surface area contributed by atoms with E-state index < -0.39 is 5.66 Å². The summed E-state index contributed by atoms with van der Waals surface area (Å²) in [5.41, 5.74) is 0.666. The van der Waals surface area contributed by atoms with Crippen LogP contribution in [0.1, 0.15) is 31.2 Å². The number of likely N-dealkylation sites (N-methyl/N-ethyl adjacent to an activating group) is 1. The average Bonchev–Trinajstić information content (AvgIpc) is 3.44. The van der Waals surface area contributed by atoms with Crippen LogP contribution in [-0.2, 0) is 11.3 Å². The van der Waals surface area contributed by atoms with Gasteiger partial charge in [0, 0.05) is 64.6 Å². The molecule has 138 valence electrons. The lowest BCUT2D eigenvalue weighted by Gasteiger charge is -2.33. The summed E-state index contributed by atoms with van der Waals surface area (Å²) in [7, 11) is 2.13. The van der Waals surface area contributed by atoms with Crippen molar-refractivity contribution in [2.45, 2.75) is 37.9 Å². The van der Waals surface area contributed by atoms with Gasteiger partial charge in [-0.2, -0.15) is 10.2 Å². The van der Waals surface area contributed by atoms with Gasteiger partial charge in [-0.25, -0.2) is 4.98 Å². The fourth-order valence-electron chi connectivity index (χ4n) is 3.05. The van der Waals surface area contributed by atoms with E-state index in [1.807, 2.05) is 12.3 Å². The van der Waals surface area contributed by atoms with Crippen LogP contribution in [0.5, 0.6) is 0 Å². The minimum Gasteiger partial charge on any atom is -0.354 e. The van der Waals surface area contributed by atoms with Crippen molar-refractivity contribution in [3.63, 3.8) is 0 Å². The van der Waals surface area contributed by atoms with Gasteiger partial charge in [0.25, 0.3) is 0 Å². The Morgan fingerprint density at radius 1 is 1.31 bits per heavy atom. The highest BCUT2D eigenvalue weighted by Crippen LogP contribution is 2.37. The minimum absolute atomic E-state index is 0.0142. The van der Waals surface area contributed by atoms with Crippen molar-refractivity contribution in [3.05, 3.63) is 23.9 Å². The van der Waals surface area contributed by atoms with Crippen LogP contribution in [0.3, 0.4) is 0 Å². The van der Waals surface area contributed by atoms with Crippen molar-refractivity contribution < 1.29 is 4.79 Å². The number of nitrogens with zero attached hydrogens (tertiary/aromatic N) is 5. The first-order valence-corrected chi connectivity index (χ1v) is 9.13. The summed E-state index contributed by atoms with van der Waals surface area (Å²) >= 11 is 0. The number of aromatic nitrogens is 1. The molecular formula is C19H26N6O. The van der Waals surface area contributed by atoms with Gasteiger partial charge in [0.1, 0.15) is 5.82 Å². The number of anilines is 1. The van der Waals surface area contributed by atoms with Gasteiger partial charge in [-0.15, -0.1) is 12.3 Å². The summed E-state index contributed by atoms with van der Waals surface area (Å²) in [4.78, 5) is 21.2. The van der Waals surface area contributed by atoms with Crippen LogP contribution in [0.15, 0.2) is 28.6 Å². The largest absolute Gasteiger partial charge is 0.354 e. The van der Waals surface area contributed by atoms with E-state index in [2.05, 4.69) is 49.4 Å². The fraction of sp³-hybridized carbons (Fsp3) is 0.579. The van der Waals surface area contributed by atoms with Gasteiger partial charge in [-0.1, -0.05) is 0 Å². The van der Waals surface area contributed by atoms with E-state index in [4.69, 9.17) is 6.42 Å². The molecule has 0 radical (unpaired) electrons. The smallest absolute Gasteiger partial charge is 0.220 e. The van der Waals surface area contributed by atoms with Gasteiger partial charge in [-0.3, -0.25) is 4.79 Å². The lowest BCUT2D eigenvalue weighted by molar-refractivity contribution is -0.121. The number of carbonyl (C=O) groups is 1. The van der Waals surface area contributed by atoms with Crippen LogP contribution in [-0.4, -0.2) is 54.7 Å². The van der Waals surface area contributed by atoms with Crippen LogP contribution < -0.4 is 10.2 Å². The Hall–Kier alpha value is -2.46. The monoisotopic (exact) mass is 354 g/mol. The molecule has 2 aliphatic rings. The molecule has 0 atom stereocenters. The Morgan fingerprint density at radius 3 is 2.77 bits per heavy atom. The summed E-state index contributed by atoms with van der Waals surface area (Å²) in [6, 6.07) is 4.01. The number of hydrogen-bond donors (Lipinski definition) is 1. The molecular weight excluding hydrogens is 328 g/mol. The molecule has 1 saturated heterocycles. The molecule has 3 rings (SSSR count). The molecule has 0 aromatic carbocycles. The van der Waals surface area contributed by atoms with E-state index >= 15 is 0 Å². The lowest BCUT2D eigenvalue weighted by Crippen LogP contribution is -2.44. The number of carbonyl (C=O) groups excluding carboxylic acids is 1. The van der Waals surface area contributed by atoms with E-state index in [-0.39, 0.29) is 5.91 Å². The van der Waals surface area contributed by atoms with Crippen molar-refractivity contribution >= 4 is 11.7 Å². The zero-order chi connectivity index (χ0) is 18.4. The highest BCUT2D eigenvalue weighted by molar-refractivity contribution is 5.76. The number of nitrogens with one attached hydrogen (secondary N) is 1. The summed E-state index contributed by atoms with van der Waals surface area (Å²) in [5, 5.41) is 11.1. The quantitative estimate of drug-likeness (QED) is 0.723. The van der Waals surface area contributed by atoms with Crippen LogP contribution in [0.2, 0.25) is 0 Å². The highest BCUT2D eigenvalue weighted by Gasteiger charge is 2.39. The Balaban J connectivity index is 1.44. The maximum absolute atomic E-state index is 12.1. The standard InChI is InChI=1S/C19H26N6O/c1-3-4-7-19(22-23-19)8-5-18(26)21-15-16-6-9-20-17(14-16)25-12-10-24(2)11-13-25/h1,6,9,14H,4-5,7-8,10-13,15H2,2H3,(H,21,26). The molecule has 0 spiro atoms. The second-order valence-corrected chi connectivity index (χ2v) is 6.98. The third kappa shape index (κ3) is 5.02. The van der Waals surface area contributed by atoms with E-state index in [0.717, 1.165) is 44.0 Å². The second kappa shape index (κ2) is 8.28. The maximum atomic E-state index is 12.1. The first kappa shape index (κ1) is 18.3. The molecule has 7 heteroatoms. The third-order valence-corrected chi connectivity index (χ3v) is 4.93. The Labute approximate surface area is 154 Å². The molecule has 0 aliphatic carbocycles. The first-order chi connectivity index (χ1) is 12.6. The SMILES string of the molecule is C#CCCC1(CCC(=O)NCc2ccnc(N3CCN(C)CC3)c2)N=N1. The summed E-state index contributed by atoms with van der Waals surface area (Å²) < 4.78 is 0. The van der Waals surface area contributed by atoms with Crippen LogP contribution >= 0.6 is 0 Å². The number of terminal acetylenes is 1. The molecule has 3 heterocycles. The normalized spacial score (nSPS) is 18.4. The Kier molecular flexibility index (Phi) is 5.84. The zero-order valence-corrected chi connectivity index (χ0v) is 15.3. The summed E-state index contributed by atoms with van der Waals surface area (Å²) in [6.45, 7) is 4.55. The maximum Gasteiger partial charge on any atom is 0.220 e. The van der Waals surface area contributed by atoms with Crippen molar-refractivity contribution in [1.82, 2.24) is 15.2 Å². The number of pyridine rings is 1. The number of piperazine rings is 1. The van der Waals surface area contributed by atoms with Crippen molar-refractivity contribution in [1.29, 1.82) is 0 Å². The van der Waals surface area contributed by atoms with E-state index in [1.54, 1.807) is 0 Å². The van der Waals surface area contributed by atoms with Gasteiger partial charge in [0.15, 0.2) is 5.66 Å². The van der Waals surface area contributed by atoms with Crippen LogP contribution in [0.4, 0.5) is 5.82 Å². The second-order valence-electron chi connectivity index (χ2n) is 6.98. The predicted octanol–water partition coefficient (Wildman–Crippen LogP) is 1.81. The third-order valence-electron chi connectivity index (χ3n) is 4.93. The van der Waals surface area contributed by atoms with Crippen molar-refractivity contribution in [3.8, 4) is 12.3 Å². The fourth-order valence-corrected chi connectivity index (χ4v) is 3.05. The minimum atomic E-state index is -0.394. The lowest BCUT2D eigenvalue weighted by atomic mass is 10.0. The molecule has 1 amide bonds. The summed E-state index contributed by atoms with van der Waals surface area (Å²) in [5.74, 6) is 3.59. The number of hydrogen-bond acceptors (Lipinski definition) is 6. The van der Waals surface area contributed by atoms with Crippen molar-refractivity contribution in [2.24, 2.45) is 10.2 Å². The topological polar surface area (TPSA) is 73.2 Å².